The Kier molecular flexibility index (Phi) is 9.12. The van der Waals surface area contributed by atoms with Crippen LogP contribution in [-0.4, -0.2) is 61.5 Å². The van der Waals surface area contributed by atoms with Gasteiger partial charge in [-0.2, -0.15) is 0 Å². The molecule has 196 valence electrons. The molecule has 36 heavy (non-hydrogen) atoms. The van der Waals surface area contributed by atoms with Crippen molar-refractivity contribution in [3.8, 4) is 11.1 Å². The van der Waals surface area contributed by atoms with E-state index in [0.29, 0.717) is 44.7 Å². The van der Waals surface area contributed by atoms with Crippen molar-refractivity contribution in [1.82, 2.24) is 4.90 Å². The summed E-state index contributed by atoms with van der Waals surface area (Å²) in [7, 11) is 1.66. The highest BCUT2D eigenvalue weighted by Gasteiger charge is 2.39. The van der Waals surface area contributed by atoms with E-state index in [0.717, 1.165) is 36.0 Å². The van der Waals surface area contributed by atoms with Gasteiger partial charge in [-0.25, -0.2) is 4.39 Å². The molecule has 1 heterocycles. The number of hydrogen-bond donors (Lipinski definition) is 2. The lowest BCUT2D eigenvalue weighted by molar-refractivity contribution is -0.139. The number of nitrogens with zero attached hydrogens (tertiary/aromatic N) is 1. The molecule has 1 saturated heterocycles. The number of rotatable bonds is 9. The number of ether oxygens (including phenoxy) is 2. The van der Waals surface area contributed by atoms with Crippen LogP contribution in [0.25, 0.3) is 11.1 Å². The zero-order valence-electron chi connectivity index (χ0n) is 21.4. The Morgan fingerprint density at radius 3 is 2.75 bits per heavy atom. The molecule has 2 aromatic rings. The van der Waals surface area contributed by atoms with Crippen LogP contribution in [0.4, 0.5) is 4.39 Å². The summed E-state index contributed by atoms with van der Waals surface area (Å²) in [6.07, 6.45) is 2.41. The van der Waals surface area contributed by atoms with E-state index in [-0.39, 0.29) is 35.7 Å². The van der Waals surface area contributed by atoms with Crippen molar-refractivity contribution >= 4 is 5.91 Å². The molecule has 2 fully saturated rings. The molecule has 0 radical (unpaired) electrons. The van der Waals surface area contributed by atoms with Gasteiger partial charge in [0.1, 0.15) is 5.82 Å². The van der Waals surface area contributed by atoms with Crippen LogP contribution in [0.3, 0.4) is 0 Å². The van der Waals surface area contributed by atoms with E-state index in [4.69, 9.17) is 15.2 Å². The van der Waals surface area contributed by atoms with Gasteiger partial charge in [0, 0.05) is 56.9 Å². The van der Waals surface area contributed by atoms with Crippen LogP contribution in [0.1, 0.15) is 49.3 Å². The molecule has 3 N–H and O–H groups in total. The van der Waals surface area contributed by atoms with Crippen molar-refractivity contribution in [2.75, 3.05) is 33.4 Å². The SMILES string of the molecule is COCCCO[C@H](c1cccc(F)c1-c1cccc(C)c1)[C@@H]1CCCN(C(=O)[C@H]2C[C@@H](N)[C@@H](O)C2)C1. The molecule has 1 aliphatic carbocycles. The Bertz CT molecular complexity index is 1020. The number of halogens is 1. The van der Waals surface area contributed by atoms with Crippen LogP contribution < -0.4 is 5.73 Å². The van der Waals surface area contributed by atoms with Crippen molar-refractivity contribution in [2.45, 2.75) is 57.3 Å². The Morgan fingerprint density at radius 2 is 2.03 bits per heavy atom. The fourth-order valence-electron chi connectivity index (χ4n) is 5.74. The molecule has 0 aromatic heterocycles. The number of likely N-dealkylation sites (tertiary alicyclic amines) is 1. The van der Waals surface area contributed by atoms with Crippen LogP contribution in [0.5, 0.6) is 0 Å². The first-order valence-corrected chi connectivity index (χ1v) is 13.1. The summed E-state index contributed by atoms with van der Waals surface area (Å²) < 4.78 is 27.0. The lowest BCUT2D eigenvalue weighted by atomic mass is 9.84. The summed E-state index contributed by atoms with van der Waals surface area (Å²) in [5, 5.41) is 10.1. The number of nitrogens with two attached hydrogens (primary N) is 1. The average molecular weight is 499 g/mol. The highest BCUT2D eigenvalue weighted by Crippen LogP contribution is 2.40. The average Bonchev–Trinajstić information content (AvgIpc) is 3.21. The third kappa shape index (κ3) is 6.14. The molecular formula is C29H39FN2O4. The maximum absolute atomic E-state index is 15.3. The molecule has 2 aliphatic rings. The number of aryl methyl sites for hydroxylation is 1. The van der Waals surface area contributed by atoms with Gasteiger partial charge in [-0.05, 0) is 56.2 Å². The zero-order valence-corrected chi connectivity index (χ0v) is 21.4. The fourth-order valence-corrected chi connectivity index (χ4v) is 5.74. The molecule has 1 saturated carbocycles. The van der Waals surface area contributed by atoms with E-state index in [1.807, 2.05) is 42.2 Å². The number of carbonyl (C=O) groups excluding carboxylic acids is 1. The minimum Gasteiger partial charge on any atom is -0.391 e. The first kappa shape index (κ1) is 26.7. The Morgan fingerprint density at radius 1 is 1.22 bits per heavy atom. The van der Waals surface area contributed by atoms with Gasteiger partial charge in [0.25, 0.3) is 0 Å². The van der Waals surface area contributed by atoms with Gasteiger partial charge >= 0.3 is 0 Å². The predicted octanol–water partition coefficient (Wildman–Crippen LogP) is 4.23. The monoisotopic (exact) mass is 498 g/mol. The maximum Gasteiger partial charge on any atom is 0.225 e. The Hall–Kier alpha value is -2.32. The molecular weight excluding hydrogens is 459 g/mol. The second kappa shape index (κ2) is 12.3. The second-order valence-electron chi connectivity index (χ2n) is 10.3. The summed E-state index contributed by atoms with van der Waals surface area (Å²) >= 11 is 0. The minimum absolute atomic E-state index is 0.0237. The molecule has 7 heteroatoms. The number of benzene rings is 2. The van der Waals surface area contributed by atoms with E-state index in [2.05, 4.69) is 0 Å². The van der Waals surface area contributed by atoms with Crippen LogP contribution in [-0.2, 0) is 14.3 Å². The molecule has 0 spiro atoms. The number of aliphatic hydroxyl groups is 1. The second-order valence-corrected chi connectivity index (χ2v) is 10.3. The first-order valence-electron chi connectivity index (χ1n) is 13.1. The highest BCUT2D eigenvalue weighted by atomic mass is 19.1. The van der Waals surface area contributed by atoms with Crippen molar-refractivity contribution < 1.29 is 23.8 Å². The fraction of sp³-hybridized carbons (Fsp3) is 0.552. The molecule has 6 nitrogen and oxygen atoms in total. The maximum atomic E-state index is 15.3. The predicted molar refractivity (Wildman–Crippen MR) is 138 cm³/mol. The van der Waals surface area contributed by atoms with Crippen LogP contribution >= 0.6 is 0 Å². The van der Waals surface area contributed by atoms with Gasteiger partial charge in [0.15, 0.2) is 0 Å². The number of aliphatic hydroxyl groups excluding tert-OH is 1. The smallest absolute Gasteiger partial charge is 0.225 e. The summed E-state index contributed by atoms with van der Waals surface area (Å²) in [6.45, 7) is 4.29. The van der Waals surface area contributed by atoms with E-state index < -0.39 is 6.10 Å². The summed E-state index contributed by atoms with van der Waals surface area (Å²) in [5.41, 5.74) is 9.24. The topological polar surface area (TPSA) is 85.0 Å². The zero-order chi connectivity index (χ0) is 25.7. The van der Waals surface area contributed by atoms with Crippen molar-refractivity contribution in [3.63, 3.8) is 0 Å². The third-order valence-electron chi connectivity index (χ3n) is 7.57. The lowest BCUT2D eigenvalue weighted by Crippen LogP contribution is -2.44. The Balaban J connectivity index is 1.62. The van der Waals surface area contributed by atoms with Crippen molar-refractivity contribution in [1.29, 1.82) is 0 Å². The number of methoxy groups -OCH3 is 1. The third-order valence-corrected chi connectivity index (χ3v) is 7.57. The highest BCUT2D eigenvalue weighted by molar-refractivity contribution is 5.79. The van der Waals surface area contributed by atoms with E-state index in [9.17, 15) is 9.90 Å². The molecule has 0 bridgehead atoms. The molecule has 1 aliphatic heterocycles. The van der Waals surface area contributed by atoms with E-state index in [1.165, 1.54) is 6.07 Å². The van der Waals surface area contributed by atoms with Crippen molar-refractivity contribution in [3.05, 3.63) is 59.4 Å². The van der Waals surface area contributed by atoms with E-state index in [1.54, 1.807) is 13.2 Å². The van der Waals surface area contributed by atoms with E-state index >= 15 is 4.39 Å². The normalized spacial score (nSPS) is 25.2. The number of hydrogen-bond acceptors (Lipinski definition) is 5. The van der Waals surface area contributed by atoms with Gasteiger partial charge < -0.3 is 25.2 Å². The Labute approximate surface area is 213 Å². The standard InChI is InChI=1S/C29H39FN2O4/c1-19-7-3-8-20(15-19)27-23(10-4-11-24(27)30)28(36-14-6-13-35-2)21-9-5-12-32(18-21)29(34)22-16-25(31)26(33)17-22/h3-4,7-8,10-11,15,21-22,25-26,28,33H,5-6,9,12-14,16-18,31H2,1-2H3/t21-,22+,25-,26+,28+/m1/s1. The molecule has 5 atom stereocenters. The van der Waals surface area contributed by atoms with Gasteiger partial charge in [-0.1, -0.05) is 42.0 Å². The van der Waals surface area contributed by atoms with Crippen LogP contribution in [0.2, 0.25) is 0 Å². The van der Waals surface area contributed by atoms with Gasteiger partial charge in [0.05, 0.1) is 12.2 Å². The molecule has 4 rings (SSSR count). The van der Waals surface area contributed by atoms with Crippen LogP contribution in [0, 0.1) is 24.6 Å². The summed E-state index contributed by atoms with van der Waals surface area (Å²) in [5.74, 6) is -0.438. The largest absolute Gasteiger partial charge is 0.391 e. The number of amides is 1. The van der Waals surface area contributed by atoms with Gasteiger partial charge in [0.2, 0.25) is 5.91 Å². The minimum atomic E-state index is -0.624. The lowest BCUT2D eigenvalue weighted by Gasteiger charge is -2.38. The van der Waals surface area contributed by atoms with Crippen molar-refractivity contribution in [2.24, 2.45) is 17.6 Å². The summed E-state index contributed by atoms with van der Waals surface area (Å²) in [4.78, 5) is 15.2. The molecule has 0 unspecified atom stereocenters. The van der Waals surface area contributed by atoms with Gasteiger partial charge in [-0.15, -0.1) is 0 Å². The van der Waals surface area contributed by atoms with Gasteiger partial charge in [-0.3, -0.25) is 4.79 Å². The number of piperidine rings is 1. The summed E-state index contributed by atoms with van der Waals surface area (Å²) in [6, 6.07) is 12.7. The molecule has 1 amide bonds. The number of carbonyl (C=O) groups is 1. The van der Waals surface area contributed by atoms with Crippen LogP contribution in [0.15, 0.2) is 42.5 Å². The quantitative estimate of drug-likeness (QED) is 0.506. The molecule has 2 aromatic carbocycles. The first-order chi connectivity index (χ1) is 17.4.